The van der Waals surface area contributed by atoms with Gasteiger partial charge in [0, 0.05) is 36.8 Å². The van der Waals surface area contributed by atoms with E-state index in [9.17, 15) is 14.8 Å². The van der Waals surface area contributed by atoms with Gasteiger partial charge in [-0.2, -0.15) is 10.2 Å². The van der Waals surface area contributed by atoms with Crippen LogP contribution in [-0.2, 0) is 4.74 Å². The lowest BCUT2D eigenvalue weighted by molar-refractivity contribution is 0.122. The summed E-state index contributed by atoms with van der Waals surface area (Å²) in [5, 5.41) is 19.3. The van der Waals surface area contributed by atoms with Crippen LogP contribution in [0.3, 0.4) is 0 Å². The predicted octanol–water partition coefficient (Wildman–Crippen LogP) is 3.08. The van der Waals surface area contributed by atoms with Gasteiger partial charge in [-0.15, -0.1) is 0 Å². The summed E-state index contributed by atoms with van der Waals surface area (Å²) in [5.74, 6) is 1.36. The maximum absolute atomic E-state index is 14.6. The number of nitrogens with two attached hydrogens (primary N) is 1. The topological polar surface area (TPSA) is 118 Å². The van der Waals surface area contributed by atoms with Crippen LogP contribution < -0.4 is 15.4 Å². The molecule has 170 valence electrons. The summed E-state index contributed by atoms with van der Waals surface area (Å²) >= 11 is 0. The lowest BCUT2D eigenvalue weighted by Gasteiger charge is -2.28. The number of ether oxygens (including phenoxy) is 2. The minimum absolute atomic E-state index is 0.0833. The van der Waals surface area contributed by atoms with Gasteiger partial charge < -0.3 is 25.2 Å². The van der Waals surface area contributed by atoms with Gasteiger partial charge >= 0.3 is 0 Å². The van der Waals surface area contributed by atoms with Crippen LogP contribution in [0.15, 0.2) is 42.5 Å². The van der Waals surface area contributed by atoms with Gasteiger partial charge in [0.15, 0.2) is 0 Å². The molecule has 0 bridgehead atoms. The molecule has 1 aromatic heterocycles. The number of nitrogens with zero attached hydrogens (tertiary/aromatic N) is 4. The summed E-state index contributed by atoms with van der Waals surface area (Å²) in [6, 6.07) is 13.2. The number of anilines is 1. The zero-order valence-electron chi connectivity index (χ0n) is 18.2. The Hall–Kier alpha value is -3.58. The molecule has 9 heteroatoms. The summed E-state index contributed by atoms with van der Waals surface area (Å²) in [6.07, 6.45) is -1.08. The second kappa shape index (κ2) is 9.92. The van der Waals surface area contributed by atoms with Gasteiger partial charge in [-0.25, -0.2) is 9.37 Å². The van der Waals surface area contributed by atoms with Gasteiger partial charge in [-0.05, 0) is 36.8 Å². The lowest BCUT2D eigenvalue weighted by Crippen LogP contribution is -2.36. The molecule has 1 unspecified atom stereocenters. The SMILES string of the molecule is Cc1nc(Oc2cc(C#N)ccc2-c2ccc(C(O)CN)c(F)c2)cc(N2CCOCC2)n1. The molecule has 0 saturated carbocycles. The van der Waals surface area contributed by atoms with Crippen LogP contribution in [0.4, 0.5) is 10.2 Å². The molecule has 1 fully saturated rings. The zero-order chi connectivity index (χ0) is 23.4. The van der Waals surface area contributed by atoms with Crippen molar-refractivity contribution < 1.29 is 19.0 Å². The van der Waals surface area contributed by atoms with Crippen LogP contribution >= 0.6 is 0 Å². The van der Waals surface area contributed by atoms with Gasteiger partial charge in [-0.1, -0.05) is 12.1 Å². The number of rotatable bonds is 6. The Bertz CT molecular complexity index is 1190. The van der Waals surface area contributed by atoms with E-state index in [1.165, 1.54) is 12.1 Å². The van der Waals surface area contributed by atoms with Gasteiger partial charge in [0.05, 0.1) is 31.0 Å². The summed E-state index contributed by atoms with van der Waals surface area (Å²) in [5.41, 5.74) is 7.07. The molecule has 1 aliphatic heterocycles. The molecular weight excluding hydrogens is 425 g/mol. The van der Waals surface area contributed by atoms with E-state index in [-0.39, 0.29) is 12.1 Å². The average molecular weight is 449 g/mol. The minimum atomic E-state index is -1.08. The second-order valence-corrected chi connectivity index (χ2v) is 7.62. The minimum Gasteiger partial charge on any atom is -0.438 e. The highest BCUT2D eigenvalue weighted by molar-refractivity contribution is 5.72. The molecule has 2 heterocycles. The third kappa shape index (κ3) is 5.09. The van der Waals surface area contributed by atoms with E-state index in [1.54, 1.807) is 37.3 Å². The molecule has 8 nitrogen and oxygen atoms in total. The fraction of sp³-hybridized carbons (Fsp3) is 0.292. The first-order valence-electron chi connectivity index (χ1n) is 10.6. The van der Waals surface area contributed by atoms with Crippen LogP contribution in [-0.4, -0.2) is 47.9 Å². The highest BCUT2D eigenvalue weighted by Gasteiger charge is 2.18. The Morgan fingerprint density at radius 1 is 1.21 bits per heavy atom. The zero-order valence-corrected chi connectivity index (χ0v) is 18.2. The molecule has 0 amide bonds. The van der Waals surface area contributed by atoms with Crippen LogP contribution in [0.1, 0.15) is 23.1 Å². The molecule has 2 aromatic carbocycles. The number of aliphatic hydroxyl groups excluding tert-OH is 1. The van der Waals surface area contributed by atoms with E-state index in [0.717, 1.165) is 5.82 Å². The Morgan fingerprint density at radius 3 is 2.70 bits per heavy atom. The smallest absolute Gasteiger partial charge is 0.224 e. The standard InChI is InChI=1S/C24H24FN5O3/c1-15-28-23(30-6-8-32-9-7-30)12-24(29-15)33-22-10-16(13-26)2-4-18(22)17-3-5-19(20(25)11-17)21(31)14-27/h2-5,10-12,21,31H,6-9,14,27H2,1H3. The van der Waals surface area contributed by atoms with Crippen molar-refractivity contribution in [2.75, 3.05) is 37.7 Å². The van der Waals surface area contributed by atoms with E-state index in [1.807, 2.05) is 0 Å². The van der Waals surface area contributed by atoms with E-state index in [4.69, 9.17) is 15.2 Å². The monoisotopic (exact) mass is 449 g/mol. The van der Waals surface area contributed by atoms with Crippen molar-refractivity contribution in [3.8, 4) is 28.8 Å². The van der Waals surface area contributed by atoms with Crippen LogP contribution in [0.25, 0.3) is 11.1 Å². The average Bonchev–Trinajstić information content (AvgIpc) is 2.83. The summed E-state index contributed by atoms with van der Waals surface area (Å²) in [7, 11) is 0. The fourth-order valence-corrected chi connectivity index (χ4v) is 3.65. The Kier molecular flexibility index (Phi) is 6.79. The molecule has 3 aromatic rings. The summed E-state index contributed by atoms with van der Waals surface area (Å²) in [6.45, 7) is 4.36. The number of aromatic nitrogens is 2. The van der Waals surface area contributed by atoms with Crippen molar-refractivity contribution in [2.45, 2.75) is 13.0 Å². The molecule has 1 saturated heterocycles. The van der Waals surface area contributed by atoms with Crippen LogP contribution in [0.5, 0.6) is 11.6 Å². The van der Waals surface area contributed by atoms with Crippen molar-refractivity contribution in [2.24, 2.45) is 5.73 Å². The first-order valence-corrected chi connectivity index (χ1v) is 10.6. The third-order valence-electron chi connectivity index (χ3n) is 5.35. The highest BCUT2D eigenvalue weighted by Crippen LogP contribution is 2.36. The molecule has 1 atom stereocenters. The molecule has 0 spiro atoms. The van der Waals surface area contributed by atoms with E-state index in [2.05, 4.69) is 20.9 Å². The number of hydrogen-bond donors (Lipinski definition) is 2. The molecule has 33 heavy (non-hydrogen) atoms. The first kappa shape index (κ1) is 22.6. The predicted molar refractivity (Wildman–Crippen MR) is 120 cm³/mol. The summed E-state index contributed by atoms with van der Waals surface area (Å²) in [4.78, 5) is 11.0. The van der Waals surface area contributed by atoms with Crippen molar-refractivity contribution in [3.63, 3.8) is 0 Å². The number of aryl methyl sites for hydroxylation is 1. The van der Waals surface area contributed by atoms with Gasteiger partial charge in [0.2, 0.25) is 5.88 Å². The second-order valence-electron chi connectivity index (χ2n) is 7.62. The maximum atomic E-state index is 14.6. The third-order valence-corrected chi connectivity index (χ3v) is 5.35. The Balaban J connectivity index is 1.71. The molecule has 0 aliphatic carbocycles. The highest BCUT2D eigenvalue weighted by atomic mass is 19.1. The van der Waals surface area contributed by atoms with E-state index in [0.29, 0.717) is 60.4 Å². The van der Waals surface area contributed by atoms with Gasteiger partial charge in [0.25, 0.3) is 0 Å². The fourth-order valence-electron chi connectivity index (χ4n) is 3.65. The van der Waals surface area contributed by atoms with Crippen molar-refractivity contribution >= 4 is 5.82 Å². The van der Waals surface area contributed by atoms with Gasteiger partial charge in [-0.3, -0.25) is 0 Å². The largest absolute Gasteiger partial charge is 0.438 e. The number of benzene rings is 2. The number of aliphatic hydroxyl groups is 1. The number of nitriles is 1. The van der Waals surface area contributed by atoms with Crippen LogP contribution in [0, 0.1) is 24.1 Å². The Labute approximate surface area is 191 Å². The molecule has 0 radical (unpaired) electrons. The van der Waals surface area contributed by atoms with Crippen molar-refractivity contribution in [3.05, 3.63) is 65.2 Å². The van der Waals surface area contributed by atoms with Crippen molar-refractivity contribution in [1.82, 2.24) is 9.97 Å². The van der Waals surface area contributed by atoms with Crippen molar-refractivity contribution in [1.29, 1.82) is 5.26 Å². The molecular formula is C24H24FN5O3. The Morgan fingerprint density at radius 2 is 2.00 bits per heavy atom. The lowest BCUT2D eigenvalue weighted by atomic mass is 9.99. The van der Waals surface area contributed by atoms with E-state index < -0.39 is 11.9 Å². The first-order chi connectivity index (χ1) is 16.0. The molecule has 1 aliphatic rings. The molecule has 4 rings (SSSR count). The van der Waals surface area contributed by atoms with Gasteiger partial charge in [0.1, 0.15) is 23.2 Å². The molecule has 3 N–H and O–H groups in total. The normalized spacial score (nSPS) is 14.6. The van der Waals surface area contributed by atoms with Crippen LogP contribution in [0.2, 0.25) is 0 Å². The number of hydrogen-bond acceptors (Lipinski definition) is 8. The quantitative estimate of drug-likeness (QED) is 0.590. The number of morpholine rings is 1. The van der Waals surface area contributed by atoms with E-state index >= 15 is 0 Å². The summed E-state index contributed by atoms with van der Waals surface area (Å²) < 4.78 is 26.2. The number of halogens is 1. The maximum Gasteiger partial charge on any atom is 0.224 e.